The Morgan fingerprint density at radius 2 is 2.17 bits per heavy atom. The monoisotopic (exact) mass is 229 g/mol. The van der Waals surface area contributed by atoms with E-state index in [2.05, 4.69) is 15.9 Å². The van der Waals surface area contributed by atoms with Crippen LogP contribution in [0.2, 0.25) is 0 Å². The van der Waals surface area contributed by atoms with Crippen molar-refractivity contribution in [1.82, 2.24) is 0 Å². The first-order chi connectivity index (χ1) is 5.69. The van der Waals surface area contributed by atoms with Crippen molar-refractivity contribution < 1.29 is 4.74 Å². The number of benzene rings is 1. The Hall–Kier alpha value is -0.540. The number of hydrogen-bond acceptors (Lipinski definition) is 2. The van der Waals surface area contributed by atoms with Crippen LogP contribution in [-0.2, 0) is 6.54 Å². The zero-order chi connectivity index (χ0) is 9.14. The second-order valence-corrected chi connectivity index (χ2v) is 3.41. The average molecular weight is 230 g/mol. The summed E-state index contributed by atoms with van der Waals surface area (Å²) in [6, 6.07) is 3.92. The number of aryl methyl sites for hydroxylation is 1. The molecule has 0 aliphatic carbocycles. The van der Waals surface area contributed by atoms with Gasteiger partial charge in [0.25, 0.3) is 0 Å². The minimum atomic E-state index is 0.526. The van der Waals surface area contributed by atoms with Crippen LogP contribution in [0.15, 0.2) is 16.6 Å². The lowest BCUT2D eigenvalue weighted by Gasteiger charge is -2.08. The quantitative estimate of drug-likeness (QED) is 0.845. The molecule has 0 saturated carbocycles. The van der Waals surface area contributed by atoms with Crippen molar-refractivity contribution in [3.8, 4) is 5.75 Å². The molecule has 0 fully saturated rings. The van der Waals surface area contributed by atoms with Gasteiger partial charge in [-0.3, -0.25) is 0 Å². The van der Waals surface area contributed by atoms with Crippen LogP contribution in [0.25, 0.3) is 0 Å². The molecular weight excluding hydrogens is 218 g/mol. The molecular formula is C9H12BrNO. The van der Waals surface area contributed by atoms with Gasteiger partial charge in [-0.1, -0.05) is 15.9 Å². The Morgan fingerprint density at radius 1 is 1.50 bits per heavy atom. The molecule has 1 aromatic rings. The first-order valence-corrected chi connectivity index (χ1v) is 4.51. The molecule has 1 aromatic carbocycles. The lowest BCUT2D eigenvalue weighted by molar-refractivity contribution is 0.414. The van der Waals surface area contributed by atoms with E-state index in [1.54, 1.807) is 7.11 Å². The van der Waals surface area contributed by atoms with Crippen molar-refractivity contribution in [1.29, 1.82) is 0 Å². The standard InChI is InChI=1S/C9H12BrNO/c1-6-3-8(12-2)4-7(5-11)9(6)10/h3-4H,5,11H2,1-2H3. The topological polar surface area (TPSA) is 35.2 Å². The molecule has 0 atom stereocenters. The summed E-state index contributed by atoms with van der Waals surface area (Å²) >= 11 is 3.47. The van der Waals surface area contributed by atoms with Crippen LogP contribution in [0.4, 0.5) is 0 Å². The van der Waals surface area contributed by atoms with Crippen molar-refractivity contribution in [3.05, 3.63) is 27.7 Å². The van der Waals surface area contributed by atoms with Crippen molar-refractivity contribution in [3.63, 3.8) is 0 Å². The summed E-state index contributed by atoms with van der Waals surface area (Å²) in [6.07, 6.45) is 0. The van der Waals surface area contributed by atoms with Crippen LogP contribution < -0.4 is 10.5 Å². The molecule has 1 rings (SSSR count). The Balaban J connectivity index is 3.19. The second kappa shape index (κ2) is 3.92. The number of halogens is 1. The van der Waals surface area contributed by atoms with Crippen molar-refractivity contribution in [2.24, 2.45) is 5.73 Å². The normalized spacial score (nSPS) is 10.0. The molecule has 12 heavy (non-hydrogen) atoms. The average Bonchev–Trinajstić information content (AvgIpc) is 2.09. The molecule has 3 heteroatoms. The molecule has 0 aromatic heterocycles. The predicted octanol–water partition coefficient (Wildman–Crippen LogP) is 2.22. The van der Waals surface area contributed by atoms with Gasteiger partial charge in [-0.25, -0.2) is 0 Å². The molecule has 0 spiro atoms. The predicted molar refractivity (Wildman–Crippen MR) is 53.3 cm³/mol. The number of rotatable bonds is 2. The zero-order valence-electron chi connectivity index (χ0n) is 7.23. The maximum atomic E-state index is 5.56. The van der Waals surface area contributed by atoms with E-state index in [4.69, 9.17) is 10.5 Å². The molecule has 0 aliphatic rings. The first kappa shape index (κ1) is 9.55. The minimum Gasteiger partial charge on any atom is -0.497 e. The maximum Gasteiger partial charge on any atom is 0.119 e. The highest BCUT2D eigenvalue weighted by molar-refractivity contribution is 9.10. The Labute approximate surface area is 80.8 Å². The maximum absolute atomic E-state index is 5.56. The van der Waals surface area contributed by atoms with Gasteiger partial charge >= 0.3 is 0 Å². The van der Waals surface area contributed by atoms with E-state index < -0.39 is 0 Å². The Kier molecular flexibility index (Phi) is 3.12. The van der Waals surface area contributed by atoms with Gasteiger partial charge in [0.05, 0.1) is 7.11 Å². The van der Waals surface area contributed by atoms with E-state index in [9.17, 15) is 0 Å². The number of hydrogen-bond donors (Lipinski definition) is 1. The van der Waals surface area contributed by atoms with Gasteiger partial charge < -0.3 is 10.5 Å². The smallest absolute Gasteiger partial charge is 0.119 e. The third-order valence-corrected chi connectivity index (χ3v) is 2.89. The van der Waals surface area contributed by atoms with E-state index >= 15 is 0 Å². The van der Waals surface area contributed by atoms with Gasteiger partial charge in [0.2, 0.25) is 0 Å². The van der Waals surface area contributed by atoms with E-state index in [-0.39, 0.29) is 0 Å². The van der Waals surface area contributed by atoms with Crippen LogP contribution in [0.3, 0.4) is 0 Å². The fourth-order valence-electron chi connectivity index (χ4n) is 1.07. The Bertz CT molecular complexity index is 286. The minimum absolute atomic E-state index is 0.526. The second-order valence-electron chi connectivity index (χ2n) is 2.62. The molecule has 2 nitrogen and oxygen atoms in total. The summed E-state index contributed by atoms with van der Waals surface area (Å²) in [7, 11) is 1.66. The third kappa shape index (κ3) is 1.79. The highest BCUT2D eigenvalue weighted by Gasteiger charge is 2.03. The van der Waals surface area contributed by atoms with Crippen LogP contribution in [-0.4, -0.2) is 7.11 Å². The SMILES string of the molecule is COc1cc(C)c(Br)c(CN)c1. The number of ether oxygens (including phenoxy) is 1. The first-order valence-electron chi connectivity index (χ1n) is 3.72. The highest BCUT2D eigenvalue weighted by atomic mass is 79.9. The van der Waals surface area contributed by atoms with Crippen LogP contribution >= 0.6 is 15.9 Å². The van der Waals surface area contributed by atoms with E-state index in [1.807, 2.05) is 19.1 Å². The van der Waals surface area contributed by atoms with E-state index in [1.165, 1.54) is 0 Å². The fourth-order valence-corrected chi connectivity index (χ4v) is 1.46. The molecule has 0 bridgehead atoms. The lowest BCUT2D eigenvalue weighted by Crippen LogP contribution is -1.99. The molecule has 66 valence electrons. The van der Waals surface area contributed by atoms with Gasteiger partial charge in [-0.2, -0.15) is 0 Å². The summed E-state index contributed by atoms with van der Waals surface area (Å²) in [4.78, 5) is 0. The van der Waals surface area contributed by atoms with E-state index in [0.717, 1.165) is 21.3 Å². The third-order valence-electron chi connectivity index (χ3n) is 1.76. The lowest BCUT2D eigenvalue weighted by atomic mass is 10.1. The molecule has 0 aliphatic heterocycles. The van der Waals surface area contributed by atoms with Crippen LogP contribution in [0.5, 0.6) is 5.75 Å². The fraction of sp³-hybridized carbons (Fsp3) is 0.333. The number of nitrogens with two attached hydrogens (primary N) is 1. The highest BCUT2D eigenvalue weighted by Crippen LogP contribution is 2.26. The summed E-state index contributed by atoms with van der Waals surface area (Å²) in [6.45, 7) is 2.55. The Morgan fingerprint density at radius 3 is 2.67 bits per heavy atom. The van der Waals surface area contributed by atoms with Crippen LogP contribution in [0.1, 0.15) is 11.1 Å². The van der Waals surface area contributed by atoms with Gasteiger partial charge in [0.1, 0.15) is 5.75 Å². The van der Waals surface area contributed by atoms with Crippen molar-refractivity contribution in [2.45, 2.75) is 13.5 Å². The van der Waals surface area contributed by atoms with Gasteiger partial charge in [-0.05, 0) is 30.2 Å². The van der Waals surface area contributed by atoms with Crippen molar-refractivity contribution in [2.75, 3.05) is 7.11 Å². The number of methoxy groups -OCH3 is 1. The molecule has 0 heterocycles. The van der Waals surface area contributed by atoms with Gasteiger partial charge in [0.15, 0.2) is 0 Å². The van der Waals surface area contributed by atoms with E-state index in [0.29, 0.717) is 6.54 Å². The van der Waals surface area contributed by atoms with Crippen molar-refractivity contribution >= 4 is 15.9 Å². The van der Waals surface area contributed by atoms with Gasteiger partial charge in [-0.15, -0.1) is 0 Å². The molecule has 0 amide bonds. The summed E-state index contributed by atoms with van der Waals surface area (Å²) < 4.78 is 6.19. The molecule has 0 saturated heterocycles. The van der Waals surface area contributed by atoms with Crippen LogP contribution in [0, 0.1) is 6.92 Å². The summed E-state index contributed by atoms with van der Waals surface area (Å²) in [5, 5.41) is 0. The summed E-state index contributed by atoms with van der Waals surface area (Å²) in [5.74, 6) is 0.858. The molecule has 0 radical (unpaired) electrons. The zero-order valence-corrected chi connectivity index (χ0v) is 8.81. The van der Waals surface area contributed by atoms with Gasteiger partial charge in [0, 0.05) is 11.0 Å². The largest absolute Gasteiger partial charge is 0.497 e. The molecule has 2 N–H and O–H groups in total. The summed E-state index contributed by atoms with van der Waals surface area (Å²) in [5.41, 5.74) is 7.78. The molecule has 0 unspecified atom stereocenters.